The topological polar surface area (TPSA) is 124 Å². The van der Waals surface area contributed by atoms with Gasteiger partial charge in [0.1, 0.15) is 12.2 Å². The number of nitrogens with one attached hydrogen (secondary N) is 1. The molecule has 1 amide bonds. The summed E-state index contributed by atoms with van der Waals surface area (Å²) >= 11 is 0.885. The van der Waals surface area contributed by atoms with Crippen molar-refractivity contribution in [3.8, 4) is 11.7 Å². The van der Waals surface area contributed by atoms with Gasteiger partial charge in [-0.3, -0.25) is 9.36 Å². The van der Waals surface area contributed by atoms with Crippen LogP contribution in [0.3, 0.4) is 0 Å². The van der Waals surface area contributed by atoms with Crippen molar-refractivity contribution in [3.05, 3.63) is 57.5 Å². The van der Waals surface area contributed by atoms with Gasteiger partial charge in [-0.15, -0.1) is 5.10 Å². The normalized spacial score (nSPS) is 12.5. The lowest BCUT2D eigenvalue weighted by Crippen LogP contribution is -2.30. The van der Waals surface area contributed by atoms with Crippen molar-refractivity contribution in [1.29, 1.82) is 0 Å². The highest BCUT2D eigenvalue weighted by Gasteiger charge is 2.41. The highest BCUT2D eigenvalue weighted by atomic mass is 127. The lowest BCUT2D eigenvalue weighted by atomic mass is 10.2. The van der Waals surface area contributed by atoms with E-state index in [-0.39, 0.29) is 23.6 Å². The van der Waals surface area contributed by atoms with Crippen molar-refractivity contribution in [2.45, 2.75) is 37.3 Å². The number of anilines is 1. The fourth-order valence-electron chi connectivity index (χ4n) is 2.89. The molecular weight excluding hydrogens is 598 g/mol. The van der Waals surface area contributed by atoms with E-state index in [2.05, 4.69) is 20.4 Å². The minimum absolute atomic E-state index is 0.0418. The maximum Gasteiger partial charge on any atom is 0.434 e. The second-order valence-electron chi connectivity index (χ2n) is 6.88. The number of alkyl halides is 4. The Hall–Kier alpha value is -3.15. The van der Waals surface area contributed by atoms with E-state index >= 15 is 0 Å². The van der Waals surface area contributed by atoms with Crippen molar-refractivity contribution in [1.82, 2.24) is 24.3 Å². The van der Waals surface area contributed by atoms with Gasteiger partial charge in [0.25, 0.3) is 5.91 Å². The molecule has 0 fully saturated rings. The summed E-state index contributed by atoms with van der Waals surface area (Å²) < 4.78 is 72.1. The minimum Gasteiger partial charge on any atom is -0.453 e. The molecule has 3 aromatic heterocycles. The number of halogens is 6. The number of aliphatic hydroxyl groups is 1. The van der Waals surface area contributed by atoms with Crippen LogP contribution < -0.4 is 15.7 Å². The molecule has 0 aliphatic rings. The highest BCUT2D eigenvalue weighted by molar-refractivity contribution is 14.1. The monoisotopic (exact) mass is 614 g/mol. The van der Waals surface area contributed by atoms with Gasteiger partial charge in [-0.25, -0.2) is 14.2 Å². The first-order valence-corrected chi connectivity index (χ1v) is 10.9. The molecule has 0 aromatic carbocycles. The smallest absolute Gasteiger partial charge is 0.434 e. The molecule has 0 unspecified atom stereocenters. The standard InChI is InChI=1S/C19H16F5IN6O4/c1-3-30-11(7-32)29-31(18(30)34)14-10(20)6-9(16(28-14)35-17(25)19(22,23)24)15(33)27-12-8(2)4-5-26-13(12)21/h4-6,17,32H,3,7H2,1-2H3,(H,27,33)/t17-/m1/s1. The molecular formula is C19H16F5IN6O4. The van der Waals surface area contributed by atoms with E-state index < -0.39 is 57.5 Å². The third-order valence-corrected chi connectivity index (χ3v) is 5.55. The number of aliphatic hydroxyl groups excluding tert-OH is 1. The van der Waals surface area contributed by atoms with Crippen molar-refractivity contribution >= 4 is 34.2 Å². The summed E-state index contributed by atoms with van der Waals surface area (Å²) in [7, 11) is 0. The zero-order chi connectivity index (χ0) is 26.1. The molecule has 16 heteroatoms. The van der Waals surface area contributed by atoms with Gasteiger partial charge in [-0.05, 0) is 54.1 Å². The Balaban J connectivity index is 2.16. The Bertz CT molecular complexity index is 1310. The van der Waals surface area contributed by atoms with Gasteiger partial charge in [0.2, 0.25) is 15.9 Å². The molecule has 1 atom stereocenters. The van der Waals surface area contributed by atoms with Crippen LogP contribution in [-0.2, 0) is 13.2 Å². The predicted octanol–water partition coefficient (Wildman–Crippen LogP) is 2.88. The van der Waals surface area contributed by atoms with Gasteiger partial charge in [0, 0.05) is 12.7 Å². The van der Waals surface area contributed by atoms with E-state index in [1.807, 2.05) is 0 Å². The molecule has 2 N–H and O–H groups in total. The van der Waals surface area contributed by atoms with E-state index in [0.717, 1.165) is 33.4 Å². The number of rotatable bonds is 7. The van der Waals surface area contributed by atoms with E-state index in [4.69, 9.17) is 4.74 Å². The van der Waals surface area contributed by atoms with Gasteiger partial charge >= 0.3 is 11.9 Å². The Morgan fingerprint density at radius 1 is 1.34 bits per heavy atom. The summed E-state index contributed by atoms with van der Waals surface area (Å²) in [6.07, 6.45) is -3.77. The van der Waals surface area contributed by atoms with Gasteiger partial charge < -0.3 is 15.2 Å². The number of aromatic nitrogens is 5. The summed E-state index contributed by atoms with van der Waals surface area (Å²) in [5, 5.41) is 15.2. The number of ether oxygens (including phenoxy) is 1. The van der Waals surface area contributed by atoms with E-state index in [1.54, 1.807) is 6.92 Å². The predicted molar refractivity (Wildman–Crippen MR) is 119 cm³/mol. The fourth-order valence-corrected chi connectivity index (χ4v) is 3.14. The van der Waals surface area contributed by atoms with Crippen LogP contribution in [0, 0.1) is 18.7 Å². The van der Waals surface area contributed by atoms with Gasteiger partial charge in [-0.1, -0.05) is 0 Å². The van der Waals surface area contributed by atoms with E-state index in [1.165, 1.54) is 13.0 Å². The summed E-state index contributed by atoms with van der Waals surface area (Å²) in [6.45, 7) is 2.32. The molecule has 0 aliphatic heterocycles. The number of carbonyl (C=O) groups excluding carboxylic acids is 1. The second-order valence-corrected chi connectivity index (χ2v) is 8.01. The molecule has 0 spiro atoms. The highest BCUT2D eigenvalue weighted by Crippen LogP contribution is 2.32. The van der Waals surface area contributed by atoms with Crippen LogP contribution in [0.5, 0.6) is 5.88 Å². The van der Waals surface area contributed by atoms with Crippen molar-refractivity contribution < 1.29 is 36.6 Å². The number of amides is 1. The van der Waals surface area contributed by atoms with Gasteiger partial charge in [0.05, 0.1) is 5.69 Å². The van der Waals surface area contributed by atoms with Crippen molar-refractivity contribution in [3.63, 3.8) is 0 Å². The summed E-state index contributed by atoms with van der Waals surface area (Å²) in [4.78, 5) is 32.3. The maximum atomic E-state index is 15.0. The Kier molecular flexibility index (Phi) is 7.73. The molecule has 0 bridgehead atoms. The third kappa shape index (κ3) is 5.42. The number of aryl methyl sites for hydroxylation is 1. The molecule has 0 saturated carbocycles. The van der Waals surface area contributed by atoms with Crippen LogP contribution in [0.2, 0.25) is 0 Å². The Morgan fingerprint density at radius 2 is 2.03 bits per heavy atom. The van der Waals surface area contributed by atoms with Gasteiger partial charge in [0.15, 0.2) is 17.5 Å². The first-order chi connectivity index (χ1) is 16.4. The number of nitrogens with zero attached hydrogens (tertiary/aromatic N) is 5. The van der Waals surface area contributed by atoms with Crippen molar-refractivity contribution in [2.24, 2.45) is 0 Å². The quantitative estimate of drug-likeness (QED) is 0.182. The van der Waals surface area contributed by atoms with Crippen LogP contribution in [0.25, 0.3) is 5.82 Å². The van der Waals surface area contributed by atoms with Crippen LogP contribution in [0.4, 0.5) is 27.6 Å². The third-order valence-electron chi connectivity index (χ3n) is 4.59. The average molecular weight is 614 g/mol. The van der Waals surface area contributed by atoms with E-state index in [0.29, 0.717) is 10.7 Å². The van der Waals surface area contributed by atoms with Crippen LogP contribution in [-0.4, -0.2) is 45.6 Å². The Morgan fingerprint density at radius 3 is 2.57 bits per heavy atom. The molecule has 188 valence electrons. The number of hydrogen-bond donors (Lipinski definition) is 2. The summed E-state index contributed by atoms with van der Waals surface area (Å²) in [5.74, 6) is -5.69. The molecule has 35 heavy (non-hydrogen) atoms. The minimum atomic E-state index is -4.90. The molecule has 3 rings (SSSR count). The molecule has 0 saturated heterocycles. The lowest BCUT2D eigenvalue weighted by Gasteiger charge is -2.18. The SMILES string of the molecule is CCn1c(CO)nn(-c2nc(O[C@@H](I)C(F)(F)F)c(C(=O)Nc3c(C)ccnc3F)cc2F)c1=O. The van der Waals surface area contributed by atoms with Gasteiger partial charge in [-0.2, -0.15) is 27.2 Å². The molecule has 3 aromatic rings. The number of pyridine rings is 2. The van der Waals surface area contributed by atoms with E-state index in [9.17, 15) is 36.6 Å². The molecule has 0 radical (unpaired) electrons. The van der Waals surface area contributed by atoms with Crippen molar-refractivity contribution in [2.75, 3.05) is 5.32 Å². The summed E-state index contributed by atoms with van der Waals surface area (Å²) in [6, 6.07) is 1.84. The lowest BCUT2D eigenvalue weighted by molar-refractivity contribution is -0.161. The number of hydrogen-bond acceptors (Lipinski definition) is 7. The second kappa shape index (κ2) is 10.2. The Labute approximate surface area is 206 Å². The average Bonchev–Trinajstić information content (AvgIpc) is 3.11. The number of carbonyl (C=O) groups is 1. The first-order valence-electron chi connectivity index (χ1n) is 9.69. The zero-order valence-corrected chi connectivity index (χ0v) is 20.1. The van der Waals surface area contributed by atoms with Crippen LogP contribution in [0.1, 0.15) is 28.7 Å². The maximum absolute atomic E-state index is 15.0. The largest absolute Gasteiger partial charge is 0.453 e. The molecule has 3 heterocycles. The molecule has 0 aliphatic carbocycles. The summed E-state index contributed by atoms with van der Waals surface area (Å²) in [5.41, 5.74) is -1.92. The molecule has 10 nitrogen and oxygen atoms in total. The first kappa shape index (κ1) is 26.5. The van der Waals surface area contributed by atoms with Crippen LogP contribution in [0.15, 0.2) is 23.1 Å². The zero-order valence-electron chi connectivity index (χ0n) is 17.9. The fraction of sp³-hybridized carbons (Fsp3) is 0.316. The van der Waals surface area contributed by atoms with Crippen LogP contribution >= 0.6 is 22.6 Å².